The van der Waals surface area contributed by atoms with Gasteiger partial charge in [-0.1, -0.05) is 23.4 Å². The number of carbonyl (C=O) groups excluding carboxylic acids is 2. The van der Waals surface area contributed by atoms with E-state index in [0.29, 0.717) is 68.7 Å². The first kappa shape index (κ1) is 25.7. The number of aromatic nitrogens is 2. The summed E-state index contributed by atoms with van der Waals surface area (Å²) in [6.07, 6.45) is 2.88. The molecule has 0 saturated carbocycles. The molecule has 2 N–H and O–H groups in total. The molecule has 3 fully saturated rings. The van der Waals surface area contributed by atoms with Crippen LogP contribution in [0.15, 0.2) is 47.0 Å². The molecule has 2 amide bonds. The molecule has 0 unspecified atom stereocenters. The standard InChI is InChI=1S/C29H29N7O4/c30-13-18-2-1-3-24(10-18)36-15-22(12-26(36)37)29(38)35-8-6-19(7-9-35)28-33-27(34-40-28)20-4-5-21(14-31)25(11-20)32-23-16-39-17-23/h1-5,10-11,14,19,22-23,31-32H,6-9,12,15-17H2/t22-/m1/s1. The summed E-state index contributed by atoms with van der Waals surface area (Å²) in [5, 5.41) is 24.5. The van der Waals surface area contributed by atoms with Crippen LogP contribution in [-0.4, -0.2) is 72.0 Å². The zero-order valence-corrected chi connectivity index (χ0v) is 21.9. The molecule has 1 atom stereocenters. The second kappa shape index (κ2) is 10.9. The maximum absolute atomic E-state index is 13.3. The van der Waals surface area contributed by atoms with Gasteiger partial charge in [0.05, 0.1) is 36.8 Å². The van der Waals surface area contributed by atoms with E-state index in [-0.39, 0.29) is 30.2 Å². The van der Waals surface area contributed by atoms with Gasteiger partial charge in [-0.05, 0) is 37.1 Å². The van der Waals surface area contributed by atoms with Crippen LogP contribution in [0.4, 0.5) is 11.4 Å². The molecule has 2 aromatic carbocycles. The van der Waals surface area contributed by atoms with Crippen molar-refractivity contribution in [2.24, 2.45) is 5.92 Å². The fourth-order valence-corrected chi connectivity index (χ4v) is 5.47. The van der Waals surface area contributed by atoms with Gasteiger partial charge >= 0.3 is 0 Å². The van der Waals surface area contributed by atoms with Crippen LogP contribution in [0.25, 0.3) is 11.4 Å². The molecule has 0 bridgehead atoms. The molecule has 3 aromatic rings. The number of hydrogen-bond acceptors (Lipinski definition) is 9. The third-order valence-electron chi connectivity index (χ3n) is 7.82. The predicted octanol–water partition coefficient (Wildman–Crippen LogP) is 3.18. The lowest BCUT2D eigenvalue weighted by atomic mass is 9.95. The van der Waals surface area contributed by atoms with Crippen LogP contribution in [0.5, 0.6) is 0 Å². The number of amides is 2. The summed E-state index contributed by atoms with van der Waals surface area (Å²) in [4.78, 5) is 34.1. The summed E-state index contributed by atoms with van der Waals surface area (Å²) < 4.78 is 10.9. The molecule has 204 valence electrons. The molecule has 0 spiro atoms. The Kier molecular flexibility index (Phi) is 7.00. The van der Waals surface area contributed by atoms with Crippen molar-refractivity contribution in [1.82, 2.24) is 15.0 Å². The highest BCUT2D eigenvalue weighted by Crippen LogP contribution is 2.32. The Labute approximate surface area is 231 Å². The van der Waals surface area contributed by atoms with Gasteiger partial charge in [0, 0.05) is 60.7 Å². The second-order valence-corrected chi connectivity index (χ2v) is 10.4. The Morgan fingerprint density at radius 2 is 2.00 bits per heavy atom. The quantitative estimate of drug-likeness (QED) is 0.435. The molecule has 4 heterocycles. The first-order chi connectivity index (χ1) is 19.5. The van der Waals surface area contributed by atoms with Crippen LogP contribution in [0.1, 0.15) is 42.2 Å². The van der Waals surface area contributed by atoms with E-state index >= 15 is 0 Å². The fraction of sp³-hybridized carbons (Fsp3) is 0.379. The van der Waals surface area contributed by atoms with E-state index in [1.165, 1.54) is 6.21 Å². The highest BCUT2D eigenvalue weighted by molar-refractivity contribution is 6.00. The van der Waals surface area contributed by atoms with Gasteiger partial charge in [0.1, 0.15) is 0 Å². The van der Waals surface area contributed by atoms with Gasteiger partial charge in [0.15, 0.2) is 0 Å². The molecule has 3 aliphatic rings. The van der Waals surface area contributed by atoms with Crippen molar-refractivity contribution < 1.29 is 18.8 Å². The summed E-state index contributed by atoms with van der Waals surface area (Å²) in [6, 6.07) is 14.9. The van der Waals surface area contributed by atoms with E-state index in [1.54, 1.807) is 29.2 Å². The molecule has 11 heteroatoms. The zero-order valence-electron chi connectivity index (χ0n) is 21.9. The van der Waals surface area contributed by atoms with Crippen molar-refractivity contribution in [2.75, 3.05) is 43.1 Å². The Hall–Kier alpha value is -4.56. The summed E-state index contributed by atoms with van der Waals surface area (Å²) in [7, 11) is 0. The summed E-state index contributed by atoms with van der Waals surface area (Å²) in [6.45, 7) is 2.71. The number of hydrogen-bond donors (Lipinski definition) is 2. The highest BCUT2D eigenvalue weighted by Gasteiger charge is 2.38. The Bertz CT molecular complexity index is 1480. The lowest BCUT2D eigenvalue weighted by Gasteiger charge is -2.32. The Morgan fingerprint density at radius 3 is 2.73 bits per heavy atom. The van der Waals surface area contributed by atoms with Crippen LogP contribution in [0, 0.1) is 22.7 Å². The number of rotatable bonds is 7. The molecule has 3 aliphatic heterocycles. The molecular formula is C29H29N7O4. The van der Waals surface area contributed by atoms with E-state index in [2.05, 4.69) is 21.5 Å². The Balaban J connectivity index is 1.07. The van der Waals surface area contributed by atoms with Crippen molar-refractivity contribution in [3.05, 3.63) is 59.5 Å². The van der Waals surface area contributed by atoms with Gasteiger partial charge in [-0.25, -0.2) is 0 Å². The number of nitrogens with one attached hydrogen (secondary N) is 2. The van der Waals surface area contributed by atoms with Gasteiger partial charge in [0.2, 0.25) is 23.5 Å². The van der Waals surface area contributed by atoms with Gasteiger partial charge in [0.25, 0.3) is 0 Å². The van der Waals surface area contributed by atoms with Crippen molar-refractivity contribution in [2.45, 2.75) is 31.2 Å². The predicted molar refractivity (Wildman–Crippen MR) is 146 cm³/mol. The maximum Gasteiger partial charge on any atom is 0.230 e. The monoisotopic (exact) mass is 539 g/mol. The number of piperidine rings is 1. The minimum atomic E-state index is -0.400. The molecule has 11 nitrogen and oxygen atoms in total. The number of ether oxygens (including phenoxy) is 1. The lowest BCUT2D eigenvalue weighted by Crippen LogP contribution is -2.42. The summed E-state index contributed by atoms with van der Waals surface area (Å²) in [5.74, 6) is 0.576. The molecule has 0 aliphatic carbocycles. The van der Waals surface area contributed by atoms with Crippen LogP contribution >= 0.6 is 0 Å². The molecule has 6 rings (SSSR count). The molecular weight excluding hydrogens is 510 g/mol. The van der Waals surface area contributed by atoms with Crippen LogP contribution < -0.4 is 10.2 Å². The molecule has 40 heavy (non-hydrogen) atoms. The normalized spacial score (nSPS) is 19.8. The van der Waals surface area contributed by atoms with Gasteiger partial charge in [-0.15, -0.1) is 0 Å². The van der Waals surface area contributed by atoms with Crippen molar-refractivity contribution in [1.29, 1.82) is 10.7 Å². The Morgan fingerprint density at radius 1 is 1.18 bits per heavy atom. The molecule has 3 saturated heterocycles. The highest BCUT2D eigenvalue weighted by atomic mass is 16.5. The number of nitrogens with zero attached hydrogens (tertiary/aromatic N) is 5. The number of anilines is 2. The van der Waals surface area contributed by atoms with Crippen molar-refractivity contribution >= 4 is 29.4 Å². The average Bonchev–Trinajstić information content (AvgIpc) is 3.62. The van der Waals surface area contributed by atoms with Gasteiger partial charge in [-0.3, -0.25) is 9.59 Å². The smallest absolute Gasteiger partial charge is 0.230 e. The van der Waals surface area contributed by atoms with Gasteiger partial charge < -0.3 is 29.8 Å². The topological polar surface area (TPSA) is 148 Å². The van der Waals surface area contributed by atoms with Gasteiger partial charge in [-0.2, -0.15) is 10.2 Å². The zero-order chi connectivity index (χ0) is 27.6. The van der Waals surface area contributed by atoms with E-state index in [9.17, 15) is 14.9 Å². The van der Waals surface area contributed by atoms with E-state index in [4.69, 9.17) is 14.7 Å². The number of likely N-dealkylation sites (tertiary alicyclic amines) is 1. The van der Waals surface area contributed by atoms with Crippen LogP contribution in [0.3, 0.4) is 0 Å². The largest absolute Gasteiger partial charge is 0.377 e. The van der Waals surface area contributed by atoms with Crippen LogP contribution in [0.2, 0.25) is 0 Å². The van der Waals surface area contributed by atoms with E-state index in [1.807, 2.05) is 23.1 Å². The number of carbonyl (C=O) groups is 2. The molecule has 0 radical (unpaired) electrons. The SMILES string of the molecule is N#Cc1cccc(N2C[C@H](C(=O)N3CCC(c4nc(-c5ccc(C=N)c(NC6COC6)c5)no4)CC3)CC2=O)c1. The average molecular weight is 540 g/mol. The minimum Gasteiger partial charge on any atom is -0.377 e. The number of benzene rings is 2. The van der Waals surface area contributed by atoms with Crippen LogP contribution in [-0.2, 0) is 14.3 Å². The third kappa shape index (κ3) is 5.05. The second-order valence-electron chi connectivity index (χ2n) is 10.4. The van der Waals surface area contributed by atoms with Crippen molar-refractivity contribution in [3.8, 4) is 17.5 Å². The third-order valence-corrected chi connectivity index (χ3v) is 7.82. The maximum atomic E-state index is 13.3. The fourth-order valence-electron chi connectivity index (χ4n) is 5.47. The lowest BCUT2D eigenvalue weighted by molar-refractivity contribution is -0.136. The first-order valence-electron chi connectivity index (χ1n) is 13.4. The first-order valence-corrected chi connectivity index (χ1v) is 13.4. The van der Waals surface area contributed by atoms with E-state index < -0.39 is 5.92 Å². The van der Waals surface area contributed by atoms with E-state index in [0.717, 1.165) is 16.8 Å². The van der Waals surface area contributed by atoms with Crippen molar-refractivity contribution in [3.63, 3.8) is 0 Å². The minimum absolute atomic E-state index is 0.0138. The molecule has 1 aromatic heterocycles. The number of nitriles is 1. The summed E-state index contributed by atoms with van der Waals surface area (Å²) >= 11 is 0. The summed E-state index contributed by atoms with van der Waals surface area (Å²) in [5.41, 5.74) is 3.54.